The van der Waals surface area contributed by atoms with Crippen molar-refractivity contribution in [3.05, 3.63) is 11.7 Å². The molecule has 0 aliphatic carbocycles. The summed E-state index contributed by atoms with van der Waals surface area (Å²) >= 11 is 0. The van der Waals surface area contributed by atoms with Gasteiger partial charge in [0.05, 0.1) is 5.54 Å². The number of aromatic nitrogens is 2. The van der Waals surface area contributed by atoms with Crippen molar-refractivity contribution in [2.45, 2.75) is 52.2 Å². The summed E-state index contributed by atoms with van der Waals surface area (Å²) in [6.45, 7) is 7.16. The molecule has 1 rings (SSSR count). The van der Waals surface area contributed by atoms with Crippen LogP contribution >= 0.6 is 0 Å². The highest BCUT2D eigenvalue weighted by Gasteiger charge is 2.28. The van der Waals surface area contributed by atoms with Crippen LogP contribution in [0.1, 0.15) is 51.7 Å². The molecule has 0 bridgehead atoms. The van der Waals surface area contributed by atoms with Gasteiger partial charge in [-0.15, -0.1) is 0 Å². The minimum absolute atomic E-state index is 0.365. The lowest BCUT2D eigenvalue weighted by atomic mass is 9.94. The second-order valence-electron chi connectivity index (χ2n) is 3.93. The van der Waals surface area contributed by atoms with Gasteiger partial charge in [0.2, 0.25) is 0 Å². The predicted octanol–water partition coefficient (Wildman–Crippen LogP) is 1.97. The first-order valence-electron chi connectivity index (χ1n) is 5.86. The number of nitrogens with two attached hydrogens (primary N) is 1. The van der Waals surface area contributed by atoms with Crippen LogP contribution in [0.3, 0.4) is 0 Å². The average molecular weight is 227 g/mol. The molecular formula is C11H21N3O2. The molecule has 1 aromatic heterocycles. The lowest BCUT2D eigenvalue weighted by Crippen LogP contribution is -2.36. The molecule has 92 valence electrons. The summed E-state index contributed by atoms with van der Waals surface area (Å²) in [5.41, 5.74) is 5.68. The van der Waals surface area contributed by atoms with Gasteiger partial charge in [-0.25, -0.2) is 0 Å². The molecule has 1 heterocycles. The molecule has 0 atom stereocenters. The Labute approximate surface area is 96.4 Å². The summed E-state index contributed by atoms with van der Waals surface area (Å²) in [6, 6.07) is 0. The third kappa shape index (κ3) is 3.02. The molecular weight excluding hydrogens is 206 g/mol. The molecule has 0 amide bonds. The molecule has 16 heavy (non-hydrogen) atoms. The van der Waals surface area contributed by atoms with E-state index in [4.69, 9.17) is 15.0 Å². The molecule has 0 aliphatic heterocycles. The molecule has 0 radical (unpaired) electrons. The molecule has 0 saturated heterocycles. The molecule has 0 spiro atoms. The lowest BCUT2D eigenvalue weighted by molar-refractivity contribution is 0.0981. The SMILES string of the molecule is CCCOCc1nc(C(N)(CC)CC)no1. The van der Waals surface area contributed by atoms with Crippen LogP contribution in [0.5, 0.6) is 0 Å². The summed E-state index contributed by atoms with van der Waals surface area (Å²) in [4.78, 5) is 4.27. The monoisotopic (exact) mass is 227 g/mol. The Kier molecular flexibility index (Phi) is 4.89. The van der Waals surface area contributed by atoms with E-state index in [0.717, 1.165) is 19.3 Å². The summed E-state index contributed by atoms with van der Waals surface area (Å²) in [5, 5.41) is 3.92. The molecule has 0 fully saturated rings. The first kappa shape index (κ1) is 13.1. The highest BCUT2D eigenvalue weighted by Crippen LogP contribution is 2.22. The topological polar surface area (TPSA) is 74.2 Å². The Morgan fingerprint density at radius 3 is 2.56 bits per heavy atom. The Morgan fingerprint density at radius 1 is 1.31 bits per heavy atom. The maximum Gasteiger partial charge on any atom is 0.252 e. The maximum absolute atomic E-state index is 6.16. The van der Waals surface area contributed by atoms with Crippen LogP contribution in [0, 0.1) is 0 Å². The Balaban J connectivity index is 2.63. The molecule has 0 saturated carbocycles. The number of nitrogens with zero attached hydrogens (tertiary/aromatic N) is 2. The number of rotatable bonds is 7. The van der Waals surface area contributed by atoms with Gasteiger partial charge >= 0.3 is 0 Å². The van der Waals surface area contributed by atoms with Crippen LogP contribution in [0.4, 0.5) is 0 Å². The van der Waals surface area contributed by atoms with Gasteiger partial charge in [-0.2, -0.15) is 4.98 Å². The normalized spacial score (nSPS) is 12.0. The van der Waals surface area contributed by atoms with E-state index in [1.54, 1.807) is 0 Å². The Morgan fingerprint density at radius 2 is 2.00 bits per heavy atom. The van der Waals surface area contributed by atoms with Crippen molar-refractivity contribution in [3.8, 4) is 0 Å². The maximum atomic E-state index is 6.16. The van der Waals surface area contributed by atoms with Crippen LogP contribution < -0.4 is 5.73 Å². The van der Waals surface area contributed by atoms with Crippen LogP contribution in [0.2, 0.25) is 0 Å². The minimum atomic E-state index is -0.480. The molecule has 5 nitrogen and oxygen atoms in total. The summed E-state index contributed by atoms with van der Waals surface area (Å²) in [6.07, 6.45) is 2.56. The van der Waals surface area contributed by atoms with Crippen LogP contribution in [0.25, 0.3) is 0 Å². The van der Waals surface area contributed by atoms with E-state index >= 15 is 0 Å². The quantitative estimate of drug-likeness (QED) is 0.721. The number of hydrogen-bond donors (Lipinski definition) is 1. The fourth-order valence-electron chi connectivity index (χ4n) is 1.39. The van der Waals surface area contributed by atoms with Crippen molar-refractivity contribution in [3.63, 3.8) is 0 Å². The van der Waals surface area contributed by atoms with Gasteiger partial charge in [0.1, 0.15) is 6.61 Å². The first-order valence-corrected chi connectivity index (χ1v) is 5.86. The van der Waals surface area contributed by atoms with Crippen molar-refractivity contribution in [2.75, 3.05) is 6.61 Å². The lowest BCUT2D eigenvalue weighted by Gasteiger charge is -2.21. The molecule has 0 unspecified atom stereocenters. The van der Waals surface area contributed by atoms with Crippen molar-refractivity contribution >= 4 is 0 Å². The average Bonchev–Trinajstić information content (AvgIpc) is 2.78. The molecule has 5 heteroatoms. The summed E-state index contributed by atoms with van der Waals surface area (Å²) in [7, 11) is 0. The third-order valence-electron chi connectivity index (χ3n) is 2.75. The van der Waals surface area contributed by atoms with Crippen LogP contribution in [-0.2, 0) is 16.9 Å². The van der Waals surface area contributed by atoms with Crippen molar-refractivity contribution in [2.24, 2.45) is 5.73 Å². The minimum Gasteiger partial charge on any atom is -0.372 e. The molecule has 1 aromatic rings. The smallest absolute Gasteiger partial charge is 0.252 e. The van der Waals surface area contributed by atoms with Crippen molar-refractivity contribution < 1.29 is 9.26 Å². The van der Waals surface area contributed by atoms with Crippen molar-refractivity contribution in [1.29, 1.82) is 0 Å². The number of hydrogen-bond acceptors (Lipinski definition) is 5. The highest BCUT2D eigenvalue weighted by molar-refractivity contribution is 5.02. The van der Waals surface area contributed by atoms with E-state index in [0.29, 0.717) is 24.9 Å². The van der Waals surface area contributed by atoms with Gasteiger partial charge < -0.3 is 15.0 Å². The zero-order valence-electron chi connectivity index (χ0n) is 10.3. The van der Waals surface area contributed by atoms with E-state index in [1.807, 2.05) is 13.8 Å². The summed E-state index contributed by atoms with van der Waals surface area (Å²) in [5.74, 6) is 1.08. The summed E-state index contributed by atoms with van der Waals surface area (Å²) < 4.78 is 10.4. The van der Waals surface area contributed by atoms with Gasteiger partial charge in [-0.3, -0.25) is 0 Å². The first-order chi connectivity index (χ1) is 7.66. The van der Waals surface area contributed by atoms with E-state index in [2.05, 4.69) is 17.1 Å². The van der Waals surface area contributed by atoms with Crippen molar-refractivity contribution in [1.82, 2.24) is 10.1 Å². The van der Waals surface area contributed by atoms with Gasteiger partial charge in [0.25, 0.3) is 5.89 Å². The van der Waals surface area contributed by atoms with E-state index < -0.39 is 5.54 Å². The second kappa shape index (κ2) is 5.96. The largest absolute Gasteiger partial charge is 0.372 e. The zero-order valence-corrected chi connectivity index (χ0v) is 10.3. The number of ether oxygens (including phenoxy) is 1. The van der Waals surface area contributed by atoms with E-state index in [9.17, 15) is 0 Å². The standard InChI is InChI=1S/C11H21N3O2/c1-4-7-15-8-9-13-10(14-16-9)11(12,5-2)6-3/h4-8,12H2,1-3H3. The van der Waals surface area contributed by atoms with E-state index in [-0.39, 0.29) is 0 Å². The van der Waals surface area contributed by atoms with Gasteiger partial charge in [0.15, 0.2) is 5.82 Å². The predicted molar refractivity (Wildman–Crippen MR) is 60.7 cm³/mol. The van der Waals surface area contributed by atoms with Crippen LogP contribution in [0.15, 0.2) is 4.52 Å². The fraction of sp³-hybridized carbons (Fsp3) is 0.818. The zero-order chi connectivity index (χ0) is 12.0. The van der Waals surface area contributed by atoms with Crippen LogP contribution in [-0.4, -0.2) is 16.7 Å². The Bertz CT molecular complexity index is 308. The van der Waals surface area contributed by atoms with Gasteiger partial charge in [0, 0.05) is 6.61 Å². The van der Waals surface area contributed by atoms with Gasteiger partial charge in [-0.1, -0.05) is 25.9 Å². The molecule has 0 aromatic carbocycles. The highest BCUT2D eigenvalue weighted by atomic mass is 16.5. The fourth-order valence-corrected chi connectivity index (χ4v) is 1.39. The Hall–Kier alpha value is -0.940. The van der Waals surface area contributed by atoms with E-state index in [1.165, 1.54) is 0 Å². The van der Waals surface area contributed by atoms with Gasteiger partial charge in [-0.05, 0) is 19.3 Å². The molecule has 2 N–H and O–H groups in total. The second-order valence-corrected chi connectivity index (χ2v) is 3.93. The third-order valence-corrected chi connectivity index (χ3v) is 2.75. The molecule has 0 aliphatic rings.